The van der Waals surface area contributed by atoms with Crippen molar-refractivity contribution in [2.24, 2.45) is 0 Å². The first-order chi connectivity index (χ1) is 6.33. The standard InChI is InChI=1S/C5H14NO.C4H7NO2.ClH/c1-6(2,3)4-5-7;1-2-3-5-4(6)7;/h7H,4-5H2,1-3H3;2,5H,1,3H2,(H,6,7);1H/q+1;;/p-1. The van der Waals surface area contributed by atoms with E-state index in [-0.39, 0.29) is 25.6 Å². The number of carboxylic acid groups (broad SMARTS) is 1. The molecule has 5 nitrogen and oxygen atoms in total. The van der Waals surface area contributed by atoms with E-state index in [1.54, 1.807) is 0 Å². The maximum Gasteiger partial charge on any atom is 0.134 e. The largest absolute Gasteiger partial charge is 0.530 e. The fourth-order valence-corrected chi connectivity index (χ4v) is 0.456. The fourth-order valence-electron chi connectivity index (χ4n) is 0.456. The van der Waals surface area contributed by atoms with Gasteiger partial charge >= 0.3 is 0 Å². The van der Waals surface area contributed by atoms with E-state index in [4.69, 9.17) is 5.11 Å². The Balaban J connectivity index is -0.000000180. The highest BCUT2D eigenvalue weighted by atomic mass is 35.5. The summed E-state index contributed by atoms with van der Waals surface area (Å²) in [5.74, 6) is 0. The third kappa shape index (κ3) is 31.9. The molecule has 0 aromatic rings. The van der Waals surface area contributed by atoms with Crippen molar-refractivity contribution in [2.75, 3.05) is 40.8 Å². The van der Waals surface area contributed by atoms with Crippen molar-refractivity contribution < 1.29 is 19.5 Å². The molecule has 0 rings (SSSR count). The van der Waals surface area contributed by atoms with Gasteiger partial charge in [0, 0.05) is 6.54 Å². The molecule has 0 atom stereocenters. The molecule has 0 aliphatic carbocycles. The summed E-state index contributed by atoms with van der Waals surface area (Å²) in [6.07, 6.45) is 0.176. The lowest BCUT2D eigenvalue weighted by molar-refractivity contribution is -0.870. The Hall–Kier alpha value is -0.780. The number of halogens is 1. The van der Waals surface area contributed by atoms with Crippen molar-refractivity contribution in [2.45, 2.75) is 0 Å². The average Bonchev–Trinajstić information content (AvgIpc) is 1.99. The van der Waals surface area contributed by atoms with Crippen molar-refractivity contribution in [3.63, 3.8) is 0 Å². The Bertz CT molecular complexity index is 169. The zero-order valence-corrected chi connectivity index (χ0v) is 10.3. The average molecular weight is 241 g/mol. The minimum absolute atomic E-state index is 0. The van der Waals surface area contributed by atoms with Gasteiger partial charge in [-0.1, -0.05) is 6.08 Å². The number of quaternary nitrogens is 1. The number of rotatable bonds is 4. The predicted octanol–water partition coefficient (Wildman–Crippen LogP) is -0.788. The van der Waals surface area contributed by atoms with Crippen LogP contribution < -0.4 is 10.4 Å². The molecule has 0 aliphatic heterocycles. The van der Waals surface area contributed by atoms with E-state index in [0.29, 0.717) is 0 Å². The molecule has 0 spiro atoms. The van der Waals surface area contributed by atoms with Gasteiger partial charge in [0.15, 0.2) is 0 Å². The van der Waals surface area contributed by atoms with Crippen LogP contribution >= 0.6 is 12.4 Å². The summed E-state index contributed by atoms with van der Waals surface area (Å²) < 4.78 is 0.844. The van der Waals surface area contributed by atoms with Crippen LogP contribution in [0.25, 0.3) is 0 Å². The Morgan fingerprint density at radius 3 is 2.07 bits per heavy atom. The molecular weight excluding hydrogens is 220 g/mol. The number of nitrogens with one attached hydrogen (secondary N) is 1. The molecule has 2 N–H and O–H groups in total. The highest BCUT2D eigenvalue weighted by molar-refractivity contribution is 5.85. The summed E-state index contributed by atoms with van der Waals surface area (Å²) in [6, 6.07) is 0. The lowest BCUT2D eigenvalue weighted by atomic mass is 10.5. The summed E-state index contributed by atoms with van der Waals surface area (Å²) >= 11 is 0. The SMILES string of the molecule is C=CCNC(=O)[O-].C[N+](C)(C)CCO.Cl. The number of likely N-dealkylation sites (N-methyl/N-ethyl adjacent to an activating group) is 1. The maximum absolute atomic E-state index is 9.49. The van der Waals surface area contributed by atoms with Gasteiger partial charge < -0.3 is 24.8 Å². The fraction of sp³-hybridized carbons (Fsp3) is 0.667. The van der Waals surface area contributed by atoms with E-state index >= 15 is 0 Å². The van der Waals surface area contributed by atoms with Crippen LogP contribution in [0.4, 0.5) is 4.79 Å². The quantitative estimate of drug-likeness (QED) is 0.500. The van der Waals surface area contributed by atoms with E-state index in [9.17, 15) is 9.90 Å². The molecule has 1 amide bonds. The van der Waals surface area contributed by atoms with Gasteiger partial charge in [-0.15, -0.1) is 19.0 Å². The highest BCUT2D eigenvalue weighted by Gasteiger charge is 2.02. The Kier molecular flexibility index (Phi) is 14.9. The Morgan fingerprint density at radius 2 is 2.00 bits per heavy atom. The number of hydrogen-bond donors (Lipinski definition) is 2. The maximum atomic E-state index is 9.49. The lowest BCUT2D eigenvalue weighted by Crippen LogP contribution is -2.36. The minimum Gasteiger partial charge on any atom is -0.530 e. The van der Waals surface area contributed by atoms with Gasteiger partial charge in [0.25, 0.3) is 0 Å². The lowest BCUT2D eigenvalue weighted by Gasteiger charge is -2.21. The van der Waals surface area contributed by atoms with Gasteiger partial charge in [-0.2, -0.15) is 0 Å². The van der Waals surface area contributed by atoms with Gasteiger partial charge in [0.2, 0.25) is 0 Å². The number of carbonyl (C=O) groups excluding carboxylic acids is 1. The molecule has 0 fully saturated rings. The van der Waals surface area contributed by atoms with Crippen LogP contribution in [0.3, 0.4) is 0 Å². The number of nitrogens with zero attached hydrogens (tertiary/aromatic N) is 1. The highest BCUT2D eigenvalue weighted by Crippen LogP contribution is 1.84. The smallest absolute Gasteiger partial charge is 0.134 e. The molecule has 0 unspecified atom stereocenters. The molecule has 0 aliphatic rings. The normalized spacial score (nSPS) is 9.07. The molecule has 6 heteroatoms. The number of aliphatic hydroxyl groups is 1. The Morgan fingerprint density at radius 1 is 1.53 bits per heavy atom. The van der Waals surface area contributed by atoms with Gasteiger partial charge in [0.05, 0.1) is 27.7 Å². The van der Waals surface area contributed by atoms with Crippen LogP contribution in [0.2, 0.25) is 0 Å². The number of carbonyl (C=O) groups is 1. The van der Waals surface area contributed by atoms with E-state index in [0.717, 1.165) is 11.0 Å². The van der Waals surface area contributed by atoms with Crippen molar-refractivity contribution in [1.82, 2.24) is 5.32 Å². The minimum atomic E-state index is -1.26. The van der Waals surface area contributed by atoms with E-state index in [2.05, 4.69) is 27.7 Å². The van der Waals surface area contributed by atoms with Crippen LogP contribution in [0.1, 0.15) is 0 Å². The molecule has 0 radical (unpaired) electrons. The molecule has 0 bridgehead atoms. The first-order valence-corrected chi connectivity index (χ1v) is 4.30. The van der Waals surface area contributed by atoms with Crippen LogP contribution in [-0.4, -0.2) is 56.5 Å². The monoisotopic (exact) mass is 240 g/mol. The topological polar surface area (TPSA) is 72.4 Å². The van der Waals surface area contributed by atoms with Crippen molar-refractivity contribution in [3.8, 4) is 0 Å². The zero-order valence-electron chi connectivity index (χ0n) is 9.52. The third-order valence-electron chi connectivity index (χ3n) is 1.16. The third-order valence-corrected chi connectivity index (χ3v) is 1.16. The van der Waals surface area contributed by atoms with Crippen molar-refractivity contribution in [1.29, 1.82) is 0 Å². The first kappa shape index (κ1) is 19.7. The number of hydrogen-bond acceptors (Lipinski definition) is 3. The summed E-state index contributed by atoms with van der Waals surface area (Å²) in [4.78, 5) is 9.49. The summed E-state index contributed by atoms with van der Waals surface area (Å²) in [7, 11) is 6.16. The summed E-state index contributed by atoms with van der Waals surface area (Å²) in [6.45, 7) is 4.65. The van der Waals surface area contributed by atoms with Crippen LogP contribution in [0.5, 0.6) is 0 Å². The van der Waals surface area contributed by atoms with Gasteiger partial charge in [-0.05, 0) is 0 Å². The van der Waals surface area contributed by atoms with Gasteiger partial charge in [-0.3, -0.25) is 0 Å². The van der Waals surface area contributed by atoms with Gasteiger partial charge in [0.1, 0.15) is 12.6 Å². The molecular formula is C9H21ClN2O3. The molecule has 0 aromatic heterocycles. The molecule has 0 aromatic carbocycles. The number of aliphatic hydroxyl groups excluding tert-OH is 1. The molecule has 92 valence electrons. The zero-order chi connectivity index (χ0) is 11.6. The van der Waals surface area contributed by atoms with Crippen LogP contribution in [0, 0.1) is 0 Å². The summed E-state index contributed by atoms with van der Waals surface area (Å²) in [5.41, 5.74) is 0. The first-order valence-electron chi connectivity index (χ1n) is 4.30. The molecule has 0 saturated carbocycles. The molecule has 0 saturated heterocycles. The predicted molar refractivity (Wildman–Crippen MR) is 60.8 cm³/mol. The van der Waals surface area contributed by atoms with E-state index < -0.39 is 6.09 Å². The van der Waals surface area contributed by atoms with Crippen molar-refractivity contribution >= 4 is 18.5 Å². The molecule has 0 heterocycles. The second-order valence-corrected chi connectivity index (χ2v) is 3.69. The Labute approximate surface area is 97.4 Å². The van der Waals surface area contributed by atoms with Crippen LogP contribution in [0.15, 0.2) is 12.7 Å². The second-order valence-electron chi connectivity index (χ2n) is 3.69. The summed E-state index contributed by atoms with van der Waals surface area (Å²) in [5, 5.41) is 19.9. The van der Waals surface area contributed by atoms with Crippen LogP contribution in [-0.2, 0) is 0 Å². The second kappa shape index (κ2) is 11.3. The molecule has 15 heavy (non-hydrogen) atoms. The van der Waals surface area contributed by atoms with Gasteiger partial charge in [-0.25, -0.2) is 0 Å². The van der Waals surface area contributed by atoms with E-state index in [1.165, 1.54) is 6.08 Å². The van der Waals surface area contributed by atoms with Crippen molar-refractivity contribution in [3.05, 3.63) is 12.7 Å². The number of amides is 1. The van der Waals surface area contributed by atoms with E-state index in [1.807, 2.05) is 5.32 Å².